The second-order valence-corrected chi connectivity index (χ2v) is 4.37. The predicted molar refractivity (Wildman–Crippen MR) is 63.8 cm³/mol. The van der Waals surface area contributed by atoms with Crippen LogP contribution in [0.2, 0.25) is 0 Å². The van der Waals surface area contributed by atoms with E-state index in [-0.39, 0.29) is 18.0 Å². The molecule has 0 atom stereocenters. The molecule has 0 fully saturated rings. The molecule has 0 saturated carbocycles. The zero-order chi connectivity index (χ0) is 14.6. The lowest BCUT2D eigenvalue weighted by atomic mass is 10.1. The van der Waals surface area contributed by atoms with Crippen molar-refractivity contribution >= 4 is 17.5 Å². The Labute approximate surface area is 113 Å². The maximum absolute atomic E-state index is 13.3. The van der Waals surface area contributed by atoms with Crippen LogP contribution in [0.3, 0.4) is 0 Å². The molecule has 0 aliphatic heterocycles. The van der Waals surface area contributed by atoms with E-state index in [0.29, 0.717) is 10.5 Å². The Hall–Kier alpha value is -1.30. The van der Waals surface area contributed by atoms with Crippen LogP contribution in [-0.2, 0) is 0 Å². The molecule has 19 heavy (non-hydrogen) atoms. The summed E-state index contributed by atoms with van der Waals surface area (Å²) in [6.45, 7) is -0.167. The summed E-state index contributed by atoms with van der Waals surface area (Å²) in [5, 5.41) is 0. The van der Waals surface area contributed by atoms with E-state index in [0.717, 1.165) is 6.07 Å². The third kappa shape index (κ3) is 4.70. The number of rotatable bonds is 4. The Morgan fingerprint density at radius 2 is 2.00 bits per heavy atom. The lowest BCUT2D eigenvalue weighted by Crippen LogP contribution is -2.40. The molecule has 0 saturated heterocycles. The molecule has 1 aromatic carbocycles. The zero-order valence-corrected chi connectivity index (χ0v) is 10.9. The minimum atomic E-state index is -4.52. The van der Waals surface area contributed by atoms with Crippen molar-refractivity contribution in [3.63, 3.8) is 0 Å². The molecule has 1 aromatic rings. The highest BCUT2D eigenvalue weighted by Crippen LogP contribution is 2.19. The topological polar surface area (TPSA) is 20.3 Å². The Kier molecular flexibility index (Phi) is 5.17. The molecule has 0 heterocycles. The third-order valence-corrected chi connectivity index (χ3v) is 2.60. The van der Waals surface area contributed by atoms with E-state index in [9.17, 15) is 22.4 Å². The van der Waals surface area contributed by atoms with Gasteiger partial charge in [-0.1, -0.05) is 6.07 Å². The summed E-state index contributed by atoms with van der Waals surface area (Å²) in [5.41, 5.74) is 0.189. The quantitative estimate of drug-likeness (QED) is 0.616. The van der Waals surface area contributed by atoms with Gasteiger partial charge in [0.2, 0.25) is 0 Å². The number of aryl methyl sites for hydroxylation is 1. The molecular formula is C12H12ClF4NO. The van der Waals surface area contributed by atoms with Crippen molar-refractivity contribution in [1.29, 1.82) is 0 Å². The maximum atomic E-state index is 13.3. The van der Waals surface area contributed by atoms with Crippen molar-refractivity contribution in [2.75, 3.05) is 19.0 Å². The molecule has 0 unspecified atom stereocenters. The first-order valence-electron chi connectivity index (χ1n) is 5.42. The number of carbonyl (C=O) groups is 1. The molecule has 7 heteroatoms. The number of hydrogen-bond donors (Lipinski definition) is 0. The lowest BCUT2D eigenvalue weighted by molar-refractivity contribution is -0.140. The Morgan fingerprint density at radius 3 is 2.47 bits per heavy atom. The minimum absolute atomic E-state index is 0.127. The zero-order valence-electron chi connectivity index (χ0n) is 10.1. The molecular weight excluding hydrogens is 286 g/mol. The number of halogens is 5. The van der Waals surface area contributed by atoms with Crippen LogP contribution in [0.5, 0.6) is 0 Å². The molecule has 0 spiro atoms. The summed E-state index contributed by atoms with van der Waals surface area (Å²) in [6.07, 6.45) is -4.52. The number of hydrogen-bond acceptors (Lipinski definition) is 1. The standard InChI is InChI=1S/C12H12ClF4NO/c1-8-2-3-9(6-10(8)14)11(19)18(5-4-13)7-12(15,16)17/h2-3,6H,4-5,7H2,1H3. The van der Waals surface area contributed by atoms with Gasteiger partial charge in [0, 0.05) is 18.0 Å². The normalized spacial score (nSPS) is 11.5. The number of benzene rings is 1. The van der Waals surface area contributed by atoms with Gasteiger partial charge in [0.05, 0.1) is 0 Å². The largest absolute Gasteiger partial charge is 0.406 e. The van der Waals surface area contributed by atoms with Gasteiger partial charge in [0.15, 0.2) is 0 Å². The average molecular weight is 298 g/mol. The van der Waals surface area contributed by atoms with E-state index in [1.807, 2.05) is 0 Å². The second-order valence-electron chi connectivity index (χ2n) is 3.99. The summed E-state index contributed by atoms with van der Waals surface area (Å²) in [7, 11) is 0. The van der Waals surface area contributed by atoms with Crippen LogP contribution in [-0.4, -0.2) is 36.0 Å². The summed E-state index contributed by atoms with van der Waals surface area (Å²) in [6, 6.07) is 3.56. The first-order valence-corrected chi connectivity index (χ1v) is 5.96. The van der Waals surface area contributed by atoms with Gasteiger partial charge in [-0.15, -0.1) is 11.6 Å². The molecule has 0 bridgehead atoms. The molecule has 106 valence electrons. The summed E-state index contributed by atoms with van der Waals surface area (Å²) in [5.74, 6) is -1.66. The average Bonchev–Trinajstić information content (AvgIpc) is 2.29. The monoisotopic (exact) mass is 297 g/mol. The molecule has 0 aliphatic rings. The van der Waals surface area contributed by atoms with Crippen LogP contribution in [0.25, 0.3) is 0 Å². The Bertz CT molecular complexity index is 462. The maximum Gasteiger partial charge on any atom is 0.406 e. The van der Waals surface area contributed by atoms with Crippen LogP contribution in [0, 0.1) is 12.7 Å². The smallest absolute Gasteiger partial charge is 0.328 e. The molecule has 1 rings (SSSR count). The molecule has 0 N–H and O–H groups in total. The van der Waals surface area contributed by atoms with Crippen LogP contribution in [0.15, 0.2) is 18.2 Å². The van der Waals surface area contributed by atoms with Crippen molar-refractivity contribution in [3.8, 4) is 0 Å². The fourth-order valence-corrected chi connectivity index (χ4v) is 1.68. The third-order valence-electron chi connectivity index (χ3n) is 2.43. The lowest BCUT2D eigenvalue weighted by Gasteiger charge is -2.23. The predicted octanol–water partition coefficient (Wildman–Crippen LogP) is 3.38. The van der Waals surface area contributed by atoms with Gasteiger partial charge in [0.25, 0.3) is 5.91 Å². The van der Waals surface area contributed by atoms with Gasteiger partial charge in [-0.25, -0.2) is 4.39 Å². The van der Waals surface area contributed by atoms with Gasteiger partial charge in [-0.3, -0.25) is 4.79 Å². The van der Waals surface area contributed by atoms with Gasteiger partial charge >= 0.3 is 6.18 Å². The molecule has 0 radical (unpaired) electrons. The van der Waals surface area contributed by atoms with Crippen molar-refractivity contribution in [1.82, 2.24) is 4.90 Å². The Morgan fingerprint density at radius 1 is 1.37 bits per heavy atom. The van der Waals surface area contributed by atoms with Gasteiger partial charge < -0.3 is 4.90 Å². The fourth-order valence-electron chi connectivity index (χ4n) is 1.48. The summed E-state index contributed by atoms with van der Waals surface area (Å²) < 4.78 is 50.3. The Balaban J connectivity index is 2.95. The highest BCUT2D eigenvalue weighted by Gasteiger charge is 2.33. The van der Waals surface area contributed by atoms with E-state index < -0.39 is 24.4 Å². The summed E-state index contributed by atoms with van der Waals surface area (Å²) in [4.78, 5) is 12.4. The summed E-state index contributed by atoms with van der Waals surface area (Å²) >= 11 is 5.38. The van der Waals surface area contributed by atoms with Crippen LogP contribution in [0.1, 0.15) is 15.9 Å². The van der Waals surface area contributed by atoms with Crippen molar-refractivity contribution < 1.29 is 22.4 Å². The van der Waals surface area contributed by atoms with E-state index in [2.05, 4.69) is 0 Å². The van der Waals surface area contributed by atoms with E-state index in [1.165, 1.54) is 19.1 Å². The van der Waals surface area contributed by atoms with Gasteiger partial charge in [-0.2, -0.15) is 13.2 Å². The second kappa shape index (κ2) is 6.23. The molecule has 2 nitrogen and oxygen atoms in total. The van der Waals surface area contributed by atoms with Crippen molar-refractivity contribution in [3.05, 3.63) is 35.1 Å². The minimum Gasteiger partial charge on any atom is -0.328 e. The van der Waals surface area contributed by atoms with E-state index in [1.54, 1.807) is 0 Å². The number of carbonyl (C=O) groups excluding carboxylic acids is 1. The molecule has 1 amide bonds. The van der Waals surface area contributed by atoms with E-state index in [4.69, 9.17) is 11.6 Å². The van der Waals surface area contributed by atoms with Gasteiger partial charge in [0.1, 0.15) is 12.4 Å². The molecule has 0 aliphatic carbocycles. The SMILES string of the molecule is Cc1ccc(C(=O)N(CCCl)CC(F)(F)F)cc1F. The number of nitrogens with zero attached hydrogens (tertiary/aromatic N) is 1. The fraction of sp³-hybridized carbons (Fsp3) is 0.417. The molecule has 0 aromatic heterocycles. The number of alkyl halides is 4. The van der Waals surface area contributed by atoms with Crippen molar-refractivity contribution in [2.24, 2.45) is 0 Å². The highest BCUT2D eigenvalue weighted by atomic mass is 35.5. The van der Waals surface area contributed by atoms with Crippen molar-refractivity contribution in [2.45, 2.75) is 13.1 Å². The van der Waals surface area contributed by atoms with E-state index >= 15 is 0 Å². The van der Waals surface area contributed by atoms with Gasteiger partial charge in [-0.05, 0) is 24.6 Å². The first-order chi connectivity index (χ1) is 8.74. The first kappa shape index (κ1) is 15.8. The highest BCUT2D eigenvalue weighted by molar-refractivity contribution is 6.18. The van der Waals surface area contributed by atoms with Crippen LogP contribution in [0.4, 0.5) is 17.6 Å². The van der Waals surface area contributed by atoms with Crippen LogP contribution >= 0.6 is 11.6 Å². The van der Waals surface area contributed by atoms with Crippen LogP contribution < -0.4 is 0 Å². The number of amides is 1.